The van der Waals surface area contributed by atoms with E-state index in [2.05, 4.69) is 66.9 Å². The summed E-state index contributed by atoms with van der Waals surface area (Å²) in [5.74, 6) is 0. The molecule has 0 aliphatic rings. The SMILES string of the molecule is CSCP(CCPc1ccccc1)c1ccccc1. The van der Waals surface area contributed by atoms with E-state index in [9.17, 15) is 0 Å². The van der Waals surface area contributed by atoms with E-state index in [0.717, 1.165) is 8.58 Å². The number of hydrogen-bond acceptors (Lipinski definition) is 1. The highest BCUT2D eigenvalue weighted by Gasteiger charge is 2.09. The molecule has 0 saturated carbocycles. The Hall–Kier alpha value is -0.350. The zero-order valence-electron chi connectivity index (χ0n) is 11.3. The molecule has 0 bridgehead atoms. The summed E-state index contributed by atoms with van der Waals surface area (Å²) in [6, 6.07) is 21.9. The molecule has 0 spiro atoms. The molecule has 0 aliphatic carbocycles. The van der Waals surface area contributed by atoms with Gasteiger partial charge in [-0.2, -0.15) is 11.8 Å². The molecule has 0 radical (unpaired) electrons. The normalized spacial score (nSPS) is 12.9. The Morgan fingerprint density at radius 1 is 0.947 bits per heavy atom. The molecule has 2 aromatic rings. The van der Waals surface area contributed by atoms with E-state index in [-0.39, 0.29) is 7.92 Å². The molecule has 3 heteroatoms. The van der Waals surface area contributed by atoms with Crippen molar-refractivity contribution >= 4 is 38.9 Å². The maximum absolute atomic E-state index is 2.30. The molecular formula is C16H20P2S. The number of rotatable bonds is 7. The van der Waals surface area contributed by atoms with Crippen LogP contribution < -0.4 is 10.6 Å². The lowest BCUT2D eigenvalue weighted by Crippen LogP contribution is -2.06. The van der Waals surface area contributed by atoms with Gasteiger partial charge < -0.3 is 0 Å². The maximum Gasteiger partial charge on any atom is 0.0174 e. The molecule has 0 heterocycles. The molecule has 0 amide bonds. The van der Waals surface area contributed by atoms with Crippen molar-refractivity contribution in [3.8, 4) is 0 Å². The molecule has 2 rings (SSSR count). The zero-order chi connectivity index (χ0) is 13.3. The first-order chi connectivity index (χ1) is 9.40. The summed E-state index contributed by atoms with van der Waals surface area (Å²) in [6.45, 7) is 0. The van der Waals surface area contributed by atoms with Crippen LogP contribution in [0.2, 0.25) is 0 Å². The van der Waals surface area contributed by atoms with Crippen LogP contribution >= 0.6 is 28.3 Å². The molecule has 2 unspecified atom stereocenters. The Morgan fingerprint density at radius 2 is 1.58 bits per heavy atom. The van der Waals surface area contributed by atoms with Gasteiger partial charge in [0.2, 0.25) is 0 Å². The monoisotopic (exact) mass is 306 g/mol. The molecule has 0 aliphatic heterocycles. The highest BCUT2D eigenvalue weighted by atomic mass is 32.2. The van der Waals surface area contributed by atoms with E-state index in [4.69, 9.17) is 0 Å². The molecule has 0 aromatic heterocycles. The van der Waals surface area contributed by atoms with Crippen LogP contribution in [-0.4, -0.2) is 24.1 Å². The predicted octanol–water partition coefficient (Wildman–Crippen LogP) is 4.12. The molecule has 0 N–H and O–H groups in total. The molecule has 0 fully saturated rings. The van der Waals surface area contributed by atoms with Gasteiger partial charge in [-0.05, 0) is 29.2 Å². The first kappa shape index (κ1) is 15.0. The fourth-order valence-electron chi connectivity index (χ4n) is 1.95. The van der Waals surface area contributed by atoms with E-state index in [1.165, 1.54) is 23.1 Å². The Balaban J connectivity index is 1.87. The van der Waals surface area contributed by atoms with E-state index in [1.54, 1.807) is 5.30 Å². The smallest absolute Gasteiger partial charge is 0.0174 e. The molecule has 100 valence electrons. The molecule has 2 atom stereocenters. The van der Waals surface area contributed by atoms with Gasteiger partial charge in [0, 0.05) is 5.49 Å². The average Bonchev–Trinajstić information content (AvgIpc) is 2.48. The third kappa shape index (κ3) is 5.27. The van der Waals surface area contributed by atoms with Crippen molar-refractivity contribution in [2.75, 3.05) is 24.1 Å². The van der Waals surface area contributed by atoms with Gasteiger partial charge in [-0.25, -0.2) is 0 Å². The minimum absolute atomic E-state index is 0.0178. The number of hydrogen-bond donors (Lipinski definition) is 0. The minimum atomic E-state index is 0.0178. The summed E-state index contributed by atoms with van der Waals surface area (Å²) < 4.78 is 0. The summed E-state index contributed by atoms with van der Waals surface area (Å²) in [5, 5.41) is 3.05. The first-order valence-corrected chi connectivity index (χ1v) is 10.8. The van der Waals surface area contributed by atoms with Crippen molar-refractivity contribution in [3.05, 3.63) is 60.7 Å². The van der Waals surface area contributed by atoms with Gasteiger partial charge in [-0.1, -0.05) is 77.2 Å². The second-order valence-corrected chi connectivity index (χ2v) is 9.39. The van der Waals surface area contributed by atoms with Crippen LogP contribution in [0.3, 0.4) is 0 Å². The Morgan fingerprint density at radius 3 is 2.21 bits per heavy atom. The van der Waals surface area contributed by atoms with Gasteiger partial charge >= 0.3 is 0 Å². The van der Waals surface area contributed by atoms with Crippen molar-refractivity contribution in [2.24, 2.45) is 0 Å². The van der Waals surface area contributed by atoms with Crippen molar-refractivity contribution in [2.45, 2.75) is 0 Å². The number of thioether (sulfide) groups is 1. The fraction of sp³-hybridized carbons (Fsp3) is 0.250. The summed E-state index contributed by atoms with van der Waals surface area (Å²) >= 11 is 1.98. The third-order valence-electron chi connectivity index (χ3n) is 2.89. The van der Waals surface area contributed by atoms with Crippen molar-refractivity contribution in [1.82, 2.24) is 0 Å². The minimum Gasteiger partial charge on any atom is -0.160 e. The summed E-state index contributed by atoms with van der Waals surface area (Å²) in [5.41, 5.74) is 1.29. The average molecular weight is 306 g/mol. The largest absolute Gasteiger partial charge is 0.160 e. The molecule has 19 heavy (non-hydrogen) atoms. The summed E-state index contributed by atoms with van der Waals surface area (Å²) in [6.07, 6.45) is 4.90. The van der Waals surface area contributed by atoms with Crippen molar-refractivity contribution in [1.29, 1.82) is 0 Å². The topological polar surface area (TPSA) is 0 Å². The van der Waals surface area contributed by atoms with Gasteiger partial charge in [0.1, 0.15) is 0 Å². The van der Waals surface area contributed by atoms with Gasteiger partial charge in [0.15, 0.2) is 0 Å². The second kappa shape index (κ2) is 8.75. The third-order valence-corrected chi connectivity index (χ3v) is 8.62. The Kier molecular flexibility index (Phi) is 6.93. The van der Waals surface area contributed by atoms with Crippen LogP contribution in [0.5, 0.6) is 0 Å². The zero-order valence-corrected chi connectivity index (χ0v) is 14.0. The van der Waals surface area contributed by atoms with Crippen molar-refractivity contribution in [3.63, 3.8) is 0 Å². The number of benzene rings is 2. The van der Waals surface area contributed by atoms with E-state index in [0.29, 0.717) is 0 Å². The Bertz CT molecular complexity index is 459. The molecular weight excluding hydrogens is 286 g/mol. The van der Waals surface area contributed by atoms with Crippen LogP contribution in [0, 0.1) is 0 Å². The lowest BCUT2D eigenvalue weighted by Gasteiger charge is -2.17. The van der Waals surface area contributed by atoms with Gasteiger partial charge in [-0.3, -0.25) is 0 Å². The predicted molar refractivity (Wildman–Crippen MR) is 95.5 cm³/mol. The van der Waals surface area contributed by atoms with E-state index in [1.807, 2.05) is 11.8 Å². The Labute approximate surface area is 123 Å². The standard InChI is InChI=1S/C16H20P2S/c1-19-14-18(16-10-6-3-7-11-16)13-12-17-15-8-4-2-5-9-15/h2-11,17H,12-14H2,1H3. The molecule has 0 nitrogen and oxygen atoms in total. The highest BCUT2D eigenvalue weighted by molar-refractivity contribution is 8.05. The molecule has 2 aromatic carbocycles. The summed E-state index contributed by atoms with van der Waals surface area (Å²) in [4.78, 5) is 0. The van der Waals surface area contributed by atoms with E-state index < -0.39 is 0 Å². The van der Waals surface area contributed by atoms with Crippen molar-refractivity contribution < 1.29 is 0 Å². The van der Waals surface area contributed by atoms with Crippen LogP contribution in [0.25, 0.3) is 0 Å². The fourth-order valence-corrected chi connectivity index (χ4v) is 7.41. The van der Waals surface area contributed by atoms with E-state index >= 15 is 0 Å². The maximum atomic E-state index is 2.30. The summed E-state index contributed by atoms with van der Waals surface area (Å²) in [7, 11) is 0.971. The second-order valence-electron chi connectivity index (χ2n) is 4.31. The van der Waals surface area contributed by atoms with Crippen LogP contribution in [0.15, 0.2) is 60.7 Å². The highest BCUT2D eigenvalue weighted by Crippen LogP contribution is 2.38. The van der Waals surface area contributed by atoms with Gasteiger partial charge in [0.25, 0.3) is 0 Å². The van der Waals surface area contributed by atoms with Gasteiger partial charge in [0.05, 0.1) is 0 Å². The van der Waals surface area contributed by atoms with Crippen LogP contribution in [-0.2, 0) is 0 Å². The van der Waals surface area contributed by atoms with Crippen LogP contribution in [0.4, 0.5) is 0 Å². The lowest BCUT2D eigenvalue weighted by atomic mass is 10.4. The van der Waals surface area contributed by atoms with Crippen LogP contribution in [0.1, 0.15) is 0 Å². The quantitative estimate of drug-likeness (QED) is 0.694. The van der Waals surface area contributed by atoms with Gasteiger partial charge in [-0.15, -0.1) is 0 Å². The molecule has 0 saturated heterocycles. The lowest BCUT2D eigenvalue weighted by molar-refractivity contribution is 1.51. The first-order valence-electron chi connectivity index (χ1n) is 6.48.